The number of nitrogens with one attached hydrogen (secondary N) is 2. The second-order valence-corrected chi connectivity index (χ2v) is 5.62. The fraction of sp³-hybridized carbons (Fsp3) is 0.273. The van der Waals surface area contributed by atoms with Crippen molar-refractivity contribution in [1.29, 1.82) is 0 Å². The second kappa shape index (κ2) is 5.81. The standard InChI is InChI=1S/C11H15N5O2S/c12-9-3-1-5-15-11(9)19(17,18)16-6-2-4-10-13-7-8-14-10/h1,3,5,7-8,16H,2,4,6,12H2,(H,13,14). The van der Waals surface area contributed by atoms with E-state index in [1.165, 1.54) is 12.3 Å². The third-order valence-electron chi connectivity index (χ3n) is 2.49. The number of hydrogen-bond donors (Lipinski definition) is 3. The van der Waals surface area contributed by atoms with Gasteiger partial charge in [-0.2, -0.15) is 0 Å². The number of nitrogens with two attached hydrogens (primary N) is 1. The number of H-pyrrole nitrogens is 1. The van der Waals surface area contributed by atoms with Gasteiger partial charge in [0.25, 0.3) is 10.0 Å². The van der Waals surface area contributed by atoms with Gasteiger partial charge in [0.1, 0.15) is 5.82 Å². The fourth-order valence-electron chi connectivity index (χ4n) is 1.59. The van der Waals surface area contributed by atoms with Crippen molar-refractivity contribution in [3.05, 3.63) is 36.5 Å². The zero-order chi connectivity index (χ0) is 13.7. The molecule has 4 N–H and O–H groups in total. The highest BCUT2D eigenvalue weighted by molar-refractivity contribution is 7.89. The first-order valence-corrected chi connectivity index (χ1v) is 7.26. The molecule has 19 heavy (non-hydrogen) atoms. The van der Waals surface area contributed by atoms with E-state index in [2.05, 4.69) is 19.7 Å². The molecule has 0 bridgehead atoms. The molecule has 0 amide bonds. The molecule has 2 aromatic heterocycles. The van der Waals surface area contributed by atoms with E-state index in [1.807, 2.05) is 0 Å². The number of sulfonamides is 1. The molecule has 0 aliphatic rings. The van der Waals surface area contributed by atoms with Crippen LogP contribution in [0.1, 0.15) is 12.2 Å². The van der Waals surface area contributed by atoms with Crippen LogP contribution in [0.5, 0.6) is 0 Å². The van der Waals surface area contributed by atoms with Crippen LogP contribution in [0.4, 0.5) is 5.69 Å². The number of anilines is 1. The average Bonchev–Trinajstić information content (AvgIpc) is 2.88. The Kier molecular flexibility index (Phi) is 4.13. The number of nitrogens with zero attached hydrogens (tertiary/aromatic N) is 2. The highest BCUT2D eigenvalue weighted by Crippen LogP contribution is 2.13. The second-order valence-electron chi connectivity index (χ2n) is 3.93. The van der Waals surface area contributed by atoms with Crippen molar-refractivity contribution < 1.29 is 8.42 Å². The maximum Gasteiger partial charge on any atom is 0.260 e. The Morgan fingerprint density at radius 2 is 2.16 bits per heavy atom. The first-order chi connectivity index (χ1) is 9.09. The Morgan fingerprint density at radius 1 is 1.32 bits per heavy atom. The molecular weight excluding hydrogens is 266 g/mol. The van der Waals surface area contributed by atoms with Crippen LogP contribution in [-0.2, 0) is 16.4 Å². The summed E-state index contributed by atoms with van der Waals surface area (Å²) < 4.78 is 26.3. The van der Waals surface area contributed by atoms with Crippen molar-refractivity contribution >= 4 is 15.7 Å². The van der Waals surface area contributed by atoms with Gasteiger partial charge in [-0.05, 0) is 18.6 Å². The molecule has 2 rings (SSSR count). The molecule has 0 spiro atoms. The van der Waals surface area contributed by atoms with Gasteiger partial charge in [-0.3, -0.25) is 0 Å². The first kappa shape index (κ1) is 13.5. The molecule has 8 heteroatoms. The van der Waals surface area contributed by atoms with Crippen LogP contribution in [-0.4, -0.2) is 29.9 Å². The number of pyridine rings is 1. The predicted molar refractivity (Wildman–Crippen MR) is 70.7 cm³/mol. The molecule has 0 fully saturated rings. The number of nitrogen functional groups attached to an aromatic ring is 1. The Bertz CT molecular complexity index is 624. The summed E-state index contributed by atoms with van der Waals surface area (Å²) in [6.07, 6.45) is 6.10. The van der Waals surface area contributed by atoms with E-state index >= 15 is 0 Å². The molecule has 0 atom stereocenters. The van der Waals surface area contributed by atoms with Crippen molar-refractivity contribution in [1.82, 2.24) is 19.7 Å². The van der Waals surface area contributed by atoms with E-state index in [1.54, 1.807) is 18.5 Å². The van der Waals surface area contributed by atoms with Gasteiger partial charge in [0.05, 0.1) is 5.69 Å². The lowest BCUT2D eigenvalue weighted by molar-refractivity contribution is 0.575. The van der Waals surface area contributed by atoms with E-state index in [0.29, 0.717) is 19.4 Å². The van der Waals surface area contributed by atoms with Crippen LogP contribution in [0.3, 0.4) is 0 Å². The van der Waals surface area contributed by atoms with Gasteiger partial charge in [-0.15, -0.1) is 0 Å². The predicted octanol–water partition coefficient (Wildman–Crippen LogP) is 0.298. The van der Waals surface area contributed by atoms with Gasteiger partial charge >= 0.3 is 0 Å². The lowest BCUT2D eigenvalue weighted by Crippen LogP contribution is -2.26. The topological polar surface area (TPSA) is 114 Å². The number of aryl methyl sites for hydroxylation is 1. The largest absolute Gasteiger partial charge is 0.396 e. The van der Waals surface area contributed by atoms with Gasteiger partial charge in [0.2, 0.25) is 0 Å². The minimum atomic E-state index is -3.65. The van der Waals surface area contributed by atoms with Gasteiger partial charge in [0, 0.05) is 31.6 Å². The zero-order valence-corrected chi connectivity index (χ0v) is 11.0. The smallest absolute Gasteiger partial charge is 0.260 e. The Labute approximate surface area is 111 Å². The number of rotatable bonds is 6. The maximum atomic E-state index is 11.9. The molecule has 2 heterocycles. The molecule has 0 unspecified atom stereocenters. The van der Waals surface area contributed by atoms with E-state index in [-0.39, 0.29) is 10.7 Å². The zero-order valence-electron chi connectivity index (χ0n) is 10.2. The lowest BCUT2D eigenvalue weighted by atomic mass is 10.3. The van der Waals surface area contributed by atoms with Crippen molar-refractivity contribution in [2.45, 2.75) is 17.9 Å². The SMILES string of the molecule is Nc1cccnc1S(=O)(=O)NCCCc1ncc[nH]1. The molecule has 102 valence electrons. The number of aromatic nitrogens is 3. The van der Waals surface area contributed by atoms with E-state index in [9.17, 15) is 8.42 Å². The van der Waals surface area contributed by atoms with Crippen LogP contribution in [0.25, 0.3) is 0 Å². The van der Waals surface area contributed by atoms with Crippen LogP contribution >= 0.6 is 0 Å². The molecule has 0 aliphatic carbocycles. The number of imidazole rings is 1. The minimum Gasteiger partial charge on any atom is -0.396 e. The molecule has 0 aliphatic heterocycles. The summed E-state index contributed by atoms with van der Waals surface area (Å²) in [5, 5.41) is -0.131. The first-order valence-electron chi connectivity index (χ1n) is 5.78. The Morgan fingerprint density at radius 3 is 2.84 bits per heavy atom. The monoisotopic (exact) mass is 281 g/mol. The molecule has 2 aromatic rings. The number of aromatic amines is 1. The molecule has 0 radical (unpaired) electrons. The highest BCUT2D eigenvalue weighted by atomic mass is 32.2. The van der Waals surface area contributed by atoms with Crippen LogP contribution < -0.4 is 10.5 Å². The molecule has 0 saturated heterocycles. The van der Waals surface area contributed by atoms with Crippen molar-refractivity contribution in [3.63, 3.8) is 0 Å². The lowest BCUT2D eigenvalue weighted by Gasteiger charge is -2.07. The summed E-state index contributed by atoms with van der Waals surface area (Å²) in [6.45, 7) is 0.305. The molecule has 7 nitrogen and oxygen atoms in total. The van der Waals surface area contributed by atoms with Crippen molar-refractivity contribution in [3.8, 4) is 0 Å². The Hall–Kier alpha value is -1.93. The van der Waals surface area contributed by atoms with Gasteiger partial charge in [-0.25, -0.2) is 23.1 Å². The quantitative estimate of drug-likeness (QED) is 0.659. The molecule has 0 saturated carbocycles. The summed E-state index contributed by atoms with van der Waals surface area (Å²) in [4.78, 5) is 10.8. The normalized spacial score (nSPS) is 11.6. The molecule has 0 aromatic carbocycles. The summed E-state index contributed by atoms with van der Waals surface area (Å²) >= 11 is 0. The number of hydrogen-bond acceptors (Lipinski definition) is 5. The fourth-order valence-corrected chi connectivity index (χ4v) is 2.72. The van der Waals surface area contributed by atoms with E-state index in [4.69, 9.17) is 5.73 Å². The van der Waals surface area contributed by atoms with Gasteiger partial charge in [-0.1, -0.05) is 0 Å². The van der Waals surface area contributed by atoms with Crippen LogP contribution in [0, 0.1) is 0 Å². The van der Waals surface area contributed by atoms with Crippen molar-refractivity contribution in [2.75, 3.05) is 12.3 Å². The summed E-state index contributed by atoms with van der Waals surface area (Å²) in [6, 6.07) is 3.09. The van der Waals surface area contributed by atoms with E-state index in [0.717, 1.165) is 5.82 Å². The summed E-state index contributed by atoms with van der Waals surface area (Å²) in [5.41, 5.74) is 5.73. The minimum absolute atomic E-state index is 0.131. The third kappa shape index (κ3) is 3.52. The highest BCUT2D eigenvalue weighted by Gasteiger charge is 2.17. The van der Waals surface area contributed by atoms with Gasteiger partial charge < -0.3 is 10.7 Å². The Balaban J connectivity index is 1.90. The summed E-state index contributed by atoms with van der Waals surface area (Å²) in [5.74, 6) is 0.830. The maximum absolute atomic E-state index is 11.9. The van der Waals surface area contributed by atoms with Gasteiger partial charge in [0.15, 0.2) is 5.03 Å². The van der Waals surface area contributed by atoms with Crippen LogP contribution in [0.2, 0.25) is 0 Å². The third-order valence-corrected chi connectivity index (χ3v) is 3.93. The van der Waals surface area contributed by atoms with Crippen molar-refractivity contribution in [2.24, 2.45) is 0 Å². The van der Waals surface area contributed by atoms with E-state index < -0.39 is 10.0 Å². The van der Waals surface area contributed by atoms with Crippen LogP contribution in [0.15, 0.2) is 35.7 Å². The summed E-state index contributed by atoms with van der Waals surface area (Å²) in [7, 11) is -3.65. The average molecular weight is 281 g/mol. The molecular formula is C11H15N5O2S.